The Kier molecular flexibility index (Phi) is 7.33. The zero-order valence-corrected chi connectivity index (χ0v) is 18.7. The van der Waals surface area contributed by atoms with Crippen LogP contribution in [0.5, 0.6) is 5.75 Å². The molecule has 0 aromatic heterocycles. The van der Waals surface area contributed by atoms with Gasteiger partial charge in [-0.15, -0.1) is 0 Å². The van der Waals surface area contributed by atoms with E-state index in [1.807, 2.05) is 0 Å². The molecule has 8 nitrogen and oxygen atoms in total. The minimum Gasteiger partial charge on any atom is -0.490 e. The van der Waals surface area contributed by atoms with Crippen LogP contribution in [0, 0.1) is 11.7 Å². The van der Waals surface area contributed by atoms with Gasteiger partial charge in [-0.1, -0.05) is 0 Å². The molecule has 1 aliphatic heterocycles. The largest absolute Gasteiger partial charge is 0.490 e. The van der Waals surface area contributed by atoms with Crippen molar-refractivity contribution in [3.63, 3.8) is 0 Å². The Morgan fingerprint density at radius 2 is 1.97 bits per heavy atom. The molecule has 2 fully saturated rings. The highest BCUT2D eigenvalue weighted by Crippen LogP contribution is 2.31. The van der Waals surface area contributed by atoms with Crippen LogP contribution in [-0.2, 0) is 19.6 Å². The molecule has 0 bridgehead atoms. The molecular weight excluding hydrogens is 425 g/mol. The molecular formula is C21H30FN3O5S. The molecule has 3 N–H and O–H groups in total. The summed E-state index contributed by atoms with van der Waals surface area (Å²) < 4.78 is 47.8. The lowest BCUT2D eigenvalue weighted by Crippen LogP contribution is -2.51. The lowest BCUT2D eigenvalue weighted by atomic mass is 9.99. The number of rotatable bonds is 11. The number of hydrogen-bond donors (Lipinski definition) is 3. The maximum atomic E-state index is 14.0. The number of imide groups is 1. The van der Waals surface area contributed by atoms with Crippen LogP contribution < -0.4 is 20.1 Å². The standard InChI is InChI=1S/C21H30FN3O5S/c1-21(2,10-3-11-23-17-8-9-19(26)24-20(17)27)25-31(28,29)15-6-7-16(22)18(12-15)30-13-14-4-5-14/h6-7,12,14,17,23,25H,3-5,8-11,13H2,1-2H3,(H,24,26,27). The fourth-order valence-corrected chi connectivity index (χ4v) is 4.88. The van der Waals surface area contributed by atoms with Crippen molar-refractivity contribution in [3.8, 4) is 5.75 Å². The van der Waals surface area contributed by atoms with Crippen molar-refractivity contribution in [1.29, 1.82) is 0 Å². The molecule has 3 rings (SSSR count). The quantitative estimate of drug-likeness (QED) is 0.347. The summed E-state index contributed by atoms with van der Waals surface area (Å²) in [4.78, 5) is 22.9. The Morgan fingerprint density at radius 1 is 1.23 bits per heavy atom. The topological polar surface area (TPSA) is 114 Å². The van der Waals surface area contributed by atoms with Crippen LogP contribution in [0.3, 0.4) is 0 Å². The molecule has 2 amide bonds. The highest BCUT2D eigenvalue weighted by Gasteiger charge is 2.29. The molecule has 1 heterocycles. The Morgan fingerprint density at radius 3 is 2.65 bits per heavy atom. The summed E-state index contributed by atoms with van der Waals surface area (Å²) in [6, 6.07) is 3.14. The van der Waals surface area contributed by atoms with E-state index in [-0.39, 0.29) is 22.5 Å². The molecule has 1 saturated carbocycles. The second-order valence-corrected chi connectivity index (χ2v) is 10.6. The first-order valence-electron chi connectivity index (χ1n) is 10.6. The van der Waals surface area contributed by atoms with E-state index in [1.54, 1.807) is 13.8 Å². The fourth-order valence-electron chi connectivity index (χ4n) is 3.42. The van der Waals surface area contributed by atoms with Gasteiger partial charge in [-0.05, 0) is 70.5 Å². The zero-order chi connectivity index (χ0) is 22.6. The molecule has 10 heteroatoms. The van der Waals surface area contributed by atoms with Crippen LogP contribution in [0.2, 0.25) is 0 Å². The van der Waals surface area contributed by atoms with Crippen molar-refractivity contribution in [1.82, 2.24) is 15.4 Å². The molecule has 0 radical (unpaired) electrons. The number of halogens is 1. The van der Waals surface area contributed by atoms with E-state index >= 15 is 0 Å². The van der Waals surface area contributed by atoms with Gasteiger partial charge >= 0.3 is 0 Å². The number of nitrogens with one attached hydrogen (secondary N) is 3. The lowest BCUT2D eigenvalue weighted by molar-refractivity contribution is -0.134. The zero-order valence-electron chi connectivity index (χ0n) is 17.9. The maximum Gasteiger partial charge on any atom is 0.243 e. The monoisotopic (exact) mass is 455 g/mol. The summed E-state index contributed by atoms with van der Waals surface area (Å²) in [5, 5.41) is 5.39. The SMILES string of the molecule is CC(C)(CCCNC1CCC(=O)NC1=O)NS(=O)(=O)c1ccc(F)c(OCC2CC2)c1. The van der Waals surface area contributed by atoms with E-state index in [4.69, 9.17) is 4.74 Å². The van der Waals surface area contributed by atoms with E-state index in [2.05, 4.69) is 15.4 Å². The van der Waals surface area contributed by atoms with E-state index in [9.17, 15) is 22.4 Å². The second-order valence-electron chi connectivity index (χ2n) is 8.90. The molecule has 2 aliphatic rings. The van der Waals surface area contributed by atoms with E-state index in [0.29, 0.717) is 44.8 Å². The average Bonchev–Trinajstić information content (AvgIpc) is 3.49. The van der Waals surface area contributed by atoms with Crippen LogP contribution in [-0.4, -0.2) is 45.0 Å². The third-order valence-electron chi connectivity index (χ3n) is 5.40. The molecule has 1 aliphatic carbocycles. The summed E-state index contributed by atoms with van der Waals surface area (Å²) in [7, 11) is -3.87. The summed E-state index contributed by atoms with van der Waals surface area (Å²) in [6.07, 6.45) is 3.99. The minimum absolute atomic E-state index is 0.0468. The van der Waals surface area contributed by atoms with Crippen molar-refractivity contribution in [2.24, 2.45) is 5.92 Å². The smallest absolute Gasteiger partial charge is 0.243 e. The maximum absolute atomic E-state index is 14.0. The number of benzene rings is 1. The predicted molar refractivity (Wildman–Crippen MR) is 112 cm³/mol. The molecule has 1 saturated heterocycles. The van der Waals surface area contributed by atoms with Gasteiger partial charge in [-0.25, -0.2) is 17.5 Å². The first-order chi connectivity index (χ1) is 14.6. The van der Waals surface area contributed by atoms with Crippen molar-refractivity contribution in [3.05, 3.63) is 24.0 Å². The van der Waals surface area contributed by atoms with Crippen LogP contribution >= 0.6 is 0 Å². The molecule has 0 spiro atoms. The average molecular weight is 456 g/mol. The van der Waals surface area contributed by atoms with E-state index in [1.165, 1.54) is 12.1 Å². The van der Waals surface area contributed by atoms with Gasteiger partial charge in [0.2, 0.25) is 21.8 Å². The molecule has 172 valence electrons. The van der Waals surface area contributed by atoms with Crippen LogP contribution in [0.4, 0.5) is 4.39 Å². The van der Waals surface area contributed by atoms with Gasteiger partial charge in [0, 0.05) is 18.0 Å². The third-order valence-corrected chi connectivity index (χ3v) is 7.10. The van der Waals surface area contributed by atoms with Gasteiger partial charge in [-0.3, -0.25) is 14.9 Å². The first-order valence-corrected chi connectivity index (χ1v) is 12.1. The summed E-state index contributed by atoms with van der Waals surface area (Å²) in [5.74, 6) is -0.808. The van der Waals surface area contributed by atoms with Crippen molar-refractivity contribution in [2.75, 3.05) is 13.2 Å². The highest BCUT2D eigenvalue weighted by molar-refractivity contribution is 7.89. The summed E-state index contributed by atoms with van der Waals surface area (Å²) in [5.41, 5.74) is -0.755. The normalized spacial score (nSPS) is 19.9. The van der Waals surface area contributed by atoms with Crippen LogP contribution in [0.25, 0.3) is 0 Å². The van der Waals surface area contributed by atoms with Crippen molar-refractivity contribution < 1.29 is 27.1 Å². The summed E-state index contributed by atoms with van der Waals surface area (Å²) >= 11 is 0. The molecule has 1 unspecified atom stereocenters. The highest BCUT2D eigenvalue weighted by atomic mass is 32.2. The predicted octanol–water partition coefficient (Wildman–Crippen LogP) is 1.85. The number of amides is 2. The fraction of sp³-hybridized carbons (Fsp3) is 0.619. The Hall–Kier alpha value is -2.04. The Bertz CT molecular complexity index is 931. The number of hydrogen-bond acceptors (Lipinski definition) is 6. The number of carbonyl (C=O) groups is 2. The van der Waals surface area contributed by atoms with Gasteiger partial charge < -0.3 is 10.1 Å². The van der Waals surface area contributed by atoms with Gasteiger partial charge in [0.25, 0.3) is 0 Å². The van der Waals surface area contributed by atoms with Crippen molar-refractivity contribution in [2.45, 2.75) is 68.8 Å². The summed E-state index contributed by atoms with van der Waals surface area (Å²) in [6.45, 7) is 4.43. The molecule has 1 aromatic carbocycles. The van der Waals surface area contributed by atoms with Gasteiger partial charge in [0.1, 0.15) is 0 Å². The first kappa shape index (κ1) is 23.6. The minimum atomic E-state index is -3.87. The number of carbonyl (C=O) groups excluding carboxylic acids is 2. The number of ether oxygens (including phenoxy) is 1. The van der Waals surface area contributed by atoms with Crippen LogP contribution in [0.1, 0.15) is 52.4 Å². The Balaban J connectivity index is 1.51. The molecule has 1 atom stereocenters. The van der Waals surface area contributed by atoms with Gasteiger partial charge in [0.15, 0.2) is 11.6 Å². The second kappa shape index (κ2) is 9.62. The molecule has 31 heavy (non-hydrogen) atoms. The lowest BCUT2D eigenvalue weighted by Gasteiger charge is -2.27. The van der Waals surface area contributed by atoms with Crippen LogP contribution in [0.15, 0.2) is 23.1 Å². The third kappa shape index (κ3) is 6.98. The van der Waals surface area contributed by atoms with Gasteiger partial charge in [0.05, 0.1) is 17.5 Å². The van der Waals surface area contributed by atoms with Gasteiger partial charge in [-0.2, -0.15) is 0 Å². The van der Waals surface area contributed by atoms with E-state index in [0.717, 1.165) is 18.9 Å². The van der Waals surface area contributed by atoms with Crippen molar-refractivity contribution >= 4 is 21.8 Å². The van der Waals surface area contributed by atoms with E-state index < -0.39 is 27.4 Å². The Labute approximate surface area is 182 Å². The molecule has 1 aromatic rings. The number of piperidine rings is 1. The number of sulfonamides is 1.